The Kier molecular flexibility index (Phi) is 5.91. The van der Waals surface area contributed by atoms with E-state index in [-0.39, 0.29) is 11.3 Å². The quantitative estimate of drug-likeness (QED) is 0.320. The number of ketones is 1. The van der Waals surface area contributed by atoms with E-state index in [1.165, 1.54) is 6.20 Å². The number of aliphatic imine (C=N–C) groups is 1. The zero-order chi connectivity index (χ0) is 25.6. The van der Waals surface area contributed by atoms with Gasteiger partial charge in [0.2, 0.25) is 15.8 Å². The highest BCUT2D eigenvalue weighted by Crippen LogP contribution is 2.34. The molecule has 3 heterocycles. The Morgan fingerprint density at radius 3 is 2.72 bits per heavy atom. The maximum absolute atomic E-state index is 15.2. The maximum atomic E-state index is 15.2. The molecule has 4 aromatic rings. The fourth-order valence-electron chi connectivity index (χ4n) is 4.33. The number of H-pyrrole nitrogens is 1. The highest BCUT2D eigenvalue weighted by molar-refractivity contribution is 7.92. The Morgan fingerprint density at radius 1 is 1.14 bits per heavy atom. The summed E-state index contributed by atoms with van der Waals surface area (Å²) in [5.41, 5.74) is 3.63. The highest BCUT2D eigenvalue weighted by Gasteiger charge is 2.26. The Hall–Kier alpha value is -3.92. The third-order valence-corrected chi connectivity index (χ3v) is 7.49. The second-order valence-electron chi connectivity index (χ2n) is 8.72. The lowest BCUT2D eigenvalue weighted by Gasteiger charge is -2.11. The molecule has 2 N–H and O–H groups in total. The maximum Gasteiger partial charge on any atom is 0.232 e. The number of pyridine rings is 1. The van der Waals surface area contributed by atoms with Crippen LogP contribution < -0.4 is 4.72 Å². The molecule has 0 saturated carbocycles. The van der Waals surface area contributed by atoms with Crippen molar-refractivity contribution in [2.75, 3.05) is 10.5 Å². The van der Waals surface area contributed by atoms with Crippen LogP contribution in [0.1, 0.15) is 41.8 Å². The topological polar surface area (TPSA) is 104 Å². The van der Waals surface area contributed by atoms with Crippen molar-refractivity contribution >= 4 is 43.9 Å². The molecule has 1 aliphatic heterocycles. The molecule has 0 bridgehead atoms. The second-order valence-corrected chi connectivity index (χ2v) is 10.6. The van der Waals surface area contributed by atoms with Crippen molar-refractivity contribution in [1.29, 1.82) is 0 Å². The van der Waals surface area contributed by atoms with E-state index in [0.717, 1.165) is 41.1 Å². The molecule has 7 nitrogen and oxygen atoms in total. The number of hydrogen-bond acceptors (Lipinski definition) is 5. The van der Waals surface area contributed by atoms with Crippen molar-refractivity contribution in [2.24, 2.45) is 4.99 Å². The third kappa shape index (κ3) is 4.28. The van der Waals surface area contributed by atoms with Crippen LogP contribution in [0.15, 0.2) is 53.8 Å². The average molecular weight is 509 g/mol. The zero-order valence-electron chi connectivity index (χ0n) is 19.5. The number of benzene rings is 2. The second kappa shape index (κ2) is 8.94. The van der Waals surface area contributed by atoms with Gasteiger partial charge in [-0.05, 0) is 48.7 Å². The van der Waals surface area contributed by atoms with Crippen molar-refractivity contribution < 1.29 is 22.0 Å². The molecule has 2 aromatic carbocycles. The number of fused-ring (bicyclic) bond motifs is 2. The van der Waals surface area contributed by atoms with Gasteiger partial charge in [-0.15, -0.1) is 0 Å². The largest absolute Gasteiger partial charge is 0.345 e. The van der Waals surface area contributed by atoms with Crippen LogP contribution in [0.5, 0.6) is 0 Å². The molecule has 2 aromatic heterocycles. The van der Waals surface area contributed by atoms with Crippen LogP contribution in [0.25, 0.3) is 22.2 Å². The van der Waals surface area contributed by atoms with Gasteiger partial charge in [0.25, 0.3) is 0 Å². The molecule has 0 spiro atoms. The number of carbonyl (C=O) groups is 1. The van der Waals surface area contributed by atoms with Crippen molar-refractivity contribution in [3.8, 4) is 11.1 Å². The minimum atomic E-state index is -3.84. The van der Waals surface area contributed by atoms with E-state index in [1.807, 2.05) is 25.1 Å². The van der Waals surface area contributed by atoms with E-state index >= 15 is 4.39 Å². The molecule has 0 unspecified atom stereocenters. The van der Waals surface area contributed by atoms with Crippen molar-refractivity contribution in [3.05, 3.63) is 77.1 Å². The summed E-state index contributed by atoms with van der Waals surface area (Å²) >= 11 is 0. The summed E-state index contributed by atoms with van der Waals surface area (Å²) in [6, 6.07) is 9.42. The molecule has 184 valence electrons. The molecule has 0 saturated heterocycles. The molecule has 36 heavy (non-hydrogen) atoms. The fraction of sp³-hybridized carbons (Fsp3) is 0.192. The predicted octanol–water partition coefficient (Wildman–Crippen LogP) is 5.54. The molecule has 0 fully saturated rings. The number of aromatic amines is 1. The molecule has 1 aliphatic rings. The zero-order valence-corrected chi connectivity index (χ0v) is 20.3. The van der Waals surface area contributed by atoms with Gasteiger partial charge in [-0.2, -0.15) is 0 Å². The van der Waals surface area contributed by atoms with E-state index in [9.17, 15) is 17.6 Å². The van der Waals surface area contributed by atoms with Gasteiger partial charge in [0.05, 0.1) is 22.7 Å². The monoisotopic (exact) mass is 508 g/mol. The molecule has 0 aliphatic carbocycles. The summed E-state index contributed by atoms with van der Waals surface area (Å²) in [6.45, 7) is 3.62. The van der Waals surface area contributed by atoms with E-state index in [0.29, 0.717) is 23.0 Å². The predicted molar refractivity (Wildman–Crippen MR) is 135 cm³/mol. The van der Waals surface area contributed by atoms with Crippen molar-refractivity contribution in [2.45, 2.75) is 26.7 Å². The summed E-state index contributed by atoms with van der Waals surface area (Å²) in [4.78, 5) is 25.1. The minimum Gasteiger partial charge on any atom is -0.345 e. The minimum absolute atomic E-state index is 0.0146. The van der Waals surface area contributed by atoms with Gasteiger partial charge in [-0.3, -0.25) is 14.5 Å². The molecule has 0 amide bonds. The van der Waals surface area contributed by atoms with Crippen LogP contribution in [0.4, 0.5) is 20.2 Å². The highest BCUT2D eigenvalue weighted by atomic mass is 32.2. The number of carbonyl (C=O) groups excluding carboxylic acids is 1. The Balaban J connectivity index is 1.55. The first-order chi connectivity index (χ1) is 17.2. The van der Waals surface area contributed by atoms with Crippen LogP contribution >= 0.6 is 0 Å². The van der Waals surface area contributed by atoms with Crippen LogP contribution in [-0.2, 0) is 16.4 Å². The van der Waals surface area contributed by atoms with Crippen LogP contribution in [0.2, 0.25) is 0 Å². The Bertz CT molecular complexity index is 1680. The first-order valence-electron chi connectivity index (χ1n) is 11.3. The van der Waals surface area contributed by atoms with Gasteiger partial charge >= 0.3 is 0 Å². The van der Waals surface area contributed by atoms with Gasteiger partial charge in [-0.1, -0.05) is 19.1 Å². The fourth-order valence-corrected chi connectivity index (χ4v) is 5.46. The van der Waals surface area contributed by atoms with Gasteiger partial charge in [0, 0.05) is 41.0 Å². The third-order valence-electron chi connectivity index (χ3n) is 6.01. The number of aromatic nitrogens is 2. The van der Waals surface area contributed by atoms with E-state index in [4.69, 9.17) is 0 Å². The van der Waals surface area contributed by atoms with Gasteiger partial charge in [-0.25, -0.2) is 22.2 Å². The number of hydrogen-bond donors (Lipinski definition) is 2. The number of nitrogens with zero attached hydrogens (tertiary/aromatic N) is 2. The number of halogens is 2. The molecular formula is C26H22F2N4O3S. The van der Waals surface area contributed by atoms with Gasteiger partial charge in [0.15, 0.2) is 5.82 Å². The van der Waals surface area contributed by atoms with Crippen LogP contribution in [0.3, 0.4) is 0 Å². The summed E-state index contributed by atoms with van der Waals surface area (Å²) in [5, 5.41) is 0.383. The molecule has 0 atom stereocenters. The van der Waals surface area contributed by atoms with Crippen LogP contribution in [0, 0.1) is 11.6 Å². The molecule has 0 radical (unpaired) electrons. The number of rotatable bonds is 7. The molecule has 10 heteroatoms. The summed E-state index contributed by atoms with van der Waals surface area (Å²) < 4.78 is 56.2. The Morgan fingerprint density at radius 2 is 1.94 bits per heavy atom. The lowest BCUT2D eigenvalue weighted by Crippen LogP contribution is -2.18. The SMILES string of the molecule is CCCS(=O)(=O)Nc1ccc(F)c(C(=O)c2c[nH]c3ncc(-c4ccc5c(c4)N=C(C)C5)cc23)c1F. The number of anilines is 1. The summed E-state index contributed by atoms with van der Waals surface area (Å²) in [5.74, 6) is -3.54. The number of nitrogens with one attached hydrogen (secondary N) is 2. The lowest BCUT2D eigenvalue weighted by atomic mass is 9.99. The summed E-state index contributed by atoms with van der Waals surface area (Å²) in [6.07, 6.45) is 4.09. The normalized spacial score (nSPS) is 13.1. The molecule has 5 rings (SSSR count). The Labute approximate surface area is 206 Å². The molecular weight excluding hydrogens is 486 g/mol. The van der Waals surface area contributed by atoms with Crippen LogP contribution in [-0.4, -0.2) is 35.6 Å². The van der Waals surface area contributed by atoms with Crippen molar-refractivity contribution in [1.82, 2.24) is 9.97 Å². The van der Waals surface area contributed by atoms with E-state index < -0.39 is 38.7 Å². The van der Waals surface area contributed by atoms with Gasteiger partial charge < -0.3 is 4.98 Å². The standard InChI is InChI=1S/C26H22F2N4O3S/c1-3-8-36(34,35)32-21-7-6-20(27)23(24(21)28)25(33)19-13-30-26-18(19)10-17(12-29-26)15-4-5-16-9-14(2)31-22(16)11-15/h4-7,10-13,32H,3,8-9H2,1-2H3,(H,29,30). The van der Waals surface area contributed by atoms with E-state index in [1.54, 1.807) is 19.2 Å². The first kappa shape index (κ1) is 23.8. The first-order valence-corrected chi connectivity index (χ1v) is 13.0. The van der Waals surface area contributed by atoms with Crippen molar-refractivity contribution in [3.63, 3.8) is 0 Å². The lowest BCUT2D eigenvalue weighted by molar-refractivity contribution is 0.103. The number of sulfonamides is 1. The summed E-state index contributed by atoms with van der Waals surface area (Å²) in [7, 11) is -3.84. The smallest absolute Gasteiger partial charge is 0.232 e. The average Bonchev–Trinajstić information content (AvgIpc) is 3.42. The van der Waals surface area contributed by atoms with E-state index in [2.05, 4.69) is 19.7 Å². The van der Waals surface area contributed by atoms with Gasteiger partial charge in [0.1, 0.15) is 11.5 Å².